The Morgan fingerprint density at radius 2 is 1.59 bits per heavy atom. The second-order valence-corrected chi connectivity index (χ2v) is 5.15. The summed E-state index contributed by atoms with van der Waals surface area (Å²) < 4.78 is 0. The number of nitrogens with two attached hydrogens (primary N) is 2. The first-order valence-corrected chi connectivity index (χ1v) is 7.53. The van der Waals surface area contributed by atoms with E-state index in [2.05, 4.69) is 48.9 Å². The molecule has 0 saturated heterocycles. The lowest BCUT2D eigenvalue weighted by Crippen LogP contribution is -2.07. The van der Waals surface area contributed by atoms with Gasteiger partial charge in [0.1, 0.15) is 17.5 Å². The molecule has 4 N–H and O–H groups in total. The maximum Gasteiger partial charge on any atom is 0.222 e. The molecule has 0 atom stereocenters. The molecule has 0 aliphatic carbocycles. The fourth-order valence-corrected chi connectivity index (χ4v) is 2.69. The molecule has 0 amide bonds. The SMILES string of the molecule is CCc1cc(CC)c(-c2nc(N)nc(N)c2C#N)c(CC)c1. The van der Waals surface area contributed by atoms with Crippen molar-refractivity contribution in [3.8, 4) is 17.3 Å². The molecule has 0 fully saturated rings. The number of rotatable bonds is 4. The van der Waals surface area contributed by atoms with E-state index in [0.717, 1.165) is 36.0 Å². The quantitative estimate of drug-likeness (QED) is 0.903. The van der Waals surface area contributed by atoms with E-state index in [1.54, 1.807) is 0 Å². The highest BCUT2D eigenvalue weighted by atomic mass is 15.0. The van der Waals surface area contributed by atoms with Crippen LogP contribution in [0.1, 0.15) is 43.0 Å². The van der Waals surface area contributed by atoms with E-state index in [9.17, 15) is 5.26 Å². The van der Waals surface area contributed by atoms with Crippen molar-refractivity contribution in [2.45, 2.75) is 40.0 Å². The molecule has 1 aromatic carbocycles. The average molecular weight is 295 g/mol. The van der Waals surface area contributed by atoms with Crippen molar-refractivity contribution in [2.24, 2.45) is 0 Å². The first-order valence-electron chi connectivity index (χ1n) is 7.53. The third kappa shape index (κ3) is 2.73. The number of nitrogen functional groups attached to an aromatic ring is 2. The summed E-state index contributed by atoms with van der Waals surface area (Å²) in [5.41, 5.74) is 17.0. The number of aromatic nitrogens is 2. The normalized spacial score (nSPS) is 10.5. The van der Waals surface area contributed by atoms with Gasteiger partial charge in [0.2, 0.25) is 5.95 Å². The molecule has 0 radical (unpaired) electrons. The summed E-state index contributed by atoms with van der Waals surface area (Å²) >= 11 is 0. The van der Waals surface area contributed by atoms with Gasteiger partial charge < -0.3 is 11.5 Å². The number of benzene rings is 1. The van der Waals surface area contributed by atoms with Gasteiger partial charge in [-0.2, -0.15) is 10.2 Å². The number of anilines is 2. The van der Waals surface area contributed by atoms with E-state index in [4.69, 9.17) is 11.5 Å². The number of hydrogen-bond acceptors (Lipinski definition) is 5. The zero-order valence-electron chi connectivity index (χ0n) is 13.3. The number of nitriles is 1. The van der Waals surface area contributed by atoms with Crippen LogP contribution in [0, 0.1) is 11.3 Å². The molecule has 22 heavy (non-hydrogen) atoms. The van der Waals surface area contributed by atoms with Gasteiger partial charge in [0.25, 0.3) is 0 Å². The monoisotopic (exact) mass is 295 g/mol. The molecule has 0 spiro atoms. The number of aryl methyl sites for hydroxylation is 3. The van der Waals surface area contributed by atoms with Crippen molar-refractivity contribution in [1.82, 2.24) is 9.97 Å². The van der Waals surface area contributed by atoms with Crippen molar-refractivity contribution in [3.05, 3.63) is 34.4 Å². The summed E-state index contributed by atoms with van der Waals surface area (Å²) in [6, 6.07) is 6.46. The van der Waals surface area contributed by atoms with E-state index in [1.807, 2.05) is 0 Å². The number of nitrogens with zero attached hydrogens (tertiary/aromatic N) is 3. The van der Waals surface area contributed by atoms with Crippen LogP contribution in [0.4, 0.5) is 11.8 Å². The van der Waals surface area contributed by atoms with Crippen LogP contribution < -0.4 is 11.5 Å². The van der Waals surface area contributed by atoms with Crippen LogP contribution in [0.3, 0.4) is 0 Å². The van der Waals surface area contributed by atoms with Crippen molar-refractivity contribution in [2.75, 3.05) is 11.5 Å². The Hall–Kier alpha value is -2.61. The molecule has 0 saturated carbocycles. The fourth-order valence-electron chi connectivity index (χ4n) is 2.69. The molecule has 0 unspecified atom stereocenters. The van der Waals surface area contributed by atoms with Crippen LogP contribution in [0.5, 0.6) is 0 Å². The van der Waals surface area contributed by atoms with Gasteiger partial charge >= 0.3 is 0 Å². The first kappa shape index (κ1) is 15.8. The lowest BCUT2D eigenvalue weighted by molar-refractivity contribution is 1.04. The van der Waals surface area contributed by atoms with Gasteiger partial charge in [-0.15, -0.1) is 0 Å². The minimum absolute atomic E-state index is 0.0928. The minimum Gasteiger partial charge on any atom is -0.382 e. The van der Waals surface area contributed by atoms with Crippen LogP contribution in [0.15, 0.2) is 12.1 Å². The molecule has 0 aliphatic heterocycles. The van der Waals surface area contributed by atoms with E-state index in [1.165, 1.54) is 5.56 Å². The maximum absolute atomic E-state index is 9.43. The number of hydrogen-bond donors (Lipinski definition) is 2. The Morgan fingerprint density at radius 1 is 1.00 bits per heavy atom. The smallest absolute Gasteiger partial charge is 0.222 e. The van der Waals surface area contributed by atoms with E-state index in [0.29, 0.717) is 11.3 Å². The second kappa shape index (κ2) is 6.44. The summed E-state index contributed by atoms with van der Waals surface area (Å²) in [7, 11) is 0. The molecule has 1 aromatic heterocycles. The van der Waals surface area contributed by atoms with Crippen molar-refractivity contribution in [3.63, 3.8) is 0 Å². The van der Waals surface area contributed by atoms with E-state index < -0.39 is 0 Å². The van der Waals surface area contributed by atoms with E-state index in [-0.39, 0.29) is 11.8 Å². The van der Waals surface area contributed by atoms with Gasteiger partial charge in [-0.25, -0.2) is 4.98 Å². The predicted octanol–water partition coefficient (Wildman–Crippen LogP) is 2.87. The highest BCUT2D eigenvalue weighted by Gasteiger charge is 2.19. The van der Waals surface area contributed by atoms with Crippen LogP contribution in [0.25, 0.3) is 11.3 Å². The molecule has 5 heteroatoms. The van der Waals surface area contributed by atoms with Gasteiger partial charge in [0, 0.05) is 5.56 Å². The van der Waals surface area contributed by atoms with Gasteiger partial charge in [-0.1, -0.05) is 32.9 Å². The van der Waals surface area contributed by atoms with Crippen LogP contribution >= 0.6 is 0 Å². The second-order valence-electron chi connectivity index (χ2n) is 5.15. The molecular weight excluding hydrogens is 274 g/mol. The average Bonchev–Trinajstić information content (AvgIpc) is 2.52. The summed E-state index contributed by atoms with van der Waals surface area (Å²) in [5.74, 6) is 0.226. The lowest BCUT2D eigenvalue weighted by Gasteiger charge is -2.16. The molecule has 1 heterocycles. The summed E-state index contributed by atoms with van der Waals surface area (Å²) in [6.45, 7) is 6.32. The Labute approximate surface area is 131 Å². The molecule has 114 valence electrons. The fraction of sp³-hybridized carbons (Fsp3) is 0.353. The third-order valence-electron chi connectivity index (χ3n) is 3.83. The van der Waals surface area contributed by atoms with E-state index >= 15 is 0 Å². The topological polar surface area (TPSA) is 102 Å². The molecule has 2 aromatic rings. The first-order chi connectivity index (χ1) is 10.5. The zero-order chi connectivity index (χ0) is 16.3. The Kier molecular flexibility index (Phi) is 4.62. The van der Waals surface area contributed by atoms with Gasteiger partial charge in [0.15, 0.2) is 0 Å². The molecule has 0 aliphatic rings. The zero-order valence-corrected chi connectivity index (χ0v) is 13.3. The summed E-state index contributed by atoms with van der Waals surface area (Å²) in [4.78, 5) is 8.21. The summed E-state index contributed by atoms with van der Waals surface area (Å²) in [6.07, 6.45) is 2.68. The molecule has 0 bridgehead atoms. The van der Waals surface area contributed by atoms with Gasteiger partial charge in [-0.3, -0.25) is 0 Å². The van der Waals surface area contributed by atoms with Crippen LogP contribution in [-0.2, 0) is 19.3 Å². The van der Waals surface area contributed by atoms with Crippen molar-refractivity contribution in [1.29, 1.82) is 5.26 Å². The third-order valence-corrected chi connectivity index (χ3v) is 3.83. The van der Waals surface area contributed by atoms with Crippen LogP contribution in [0.2, 0.25) is 0 Å². The van der Waals surface area contributed by atoms with Crippen LogP contribution in [-0.4, -0.2) is 9.97 Å². The maximum atomic E-state index is 9.43. The molecular formula is C17H21N5. The predicted molar refractivity (Wildman–Crippen MR) is 89.1 cm³/mol. The van der Waals surface area contributed by atoms with Gasteiger partial charge in [0.05, 0.1) is 5.69 Å². The largest absolute Gasteiger partial charge is 0.382 e. The minimum atomic E-state index is 0.0928. The van der Waals surface area contributed by atoms with Crippen molar-refractivity contribution >= 4 is 11.8 Å². The highest BCUT2D eigenvalue weighted by Crippen LogP contribution is 2.33. The Bertz CT molecular complexity index is 718. The van der Waals surface area contributed by atoms with Gasteiger partial charge in [-0.05, 0) is 36.0 Å². The Balaban J connectivity index is 2.85. The highest BCUT2D eigenvalue weighted by molar-refractivity contribution is 5.78. The lowest BCUT2D eigenvalue weighted by atomic mass is 9.90. The molecule has 5 nitrogen and oxygen atoms in total. The van der Waals surface area contributed by atoms with Crippen molar-refractivity contribution < 1.29 is 0 Å². The summed E-state index contributed by atoms with van der Waals surface area (Å²) in [5, 5.41) is 9.43. The standard InChI is InChI=1S/C17H21N5/c1-4-10-7-11(5-2)14(12(6-3)8-10)15-13(9-18)16(19)22-17(20)21-15/h7-8H,4-6H2,1-3H3,(H4,19,20,21,22). The molecule has 2 rings (SSSR count). The Morgan fingerprint density at radius 3 is 2.05 bits per heavy atom.